The van der Waals surface area contributed by atoms with Crippen molar-refractivity contribution in [3.8, 4) is 0 Å². The summed E-state index contributed by atoms with van der Waals surface area (Å²) in [5.74, 6) is 0. The second kappa shape index (κ2) is 6.30. The lowest BCUT2D eigenvalue weighted by molar-refractivity contribution is -0.0542. The third kappa shape index (κ3) is 3.03. The predicted molar refractivity (Wildman–Crippen MR) is 67.6 cm³/mol. The van der Waals surface area contributed by atoms with Gasteiger partial charge in [0.25, 0.3) is 0 Å². The normalized spacial score (nSPS) is 38.2. The van der Waals surface area contributed by atoms with Crippen molar-refractivity contribution in [1.29, 1.82) is 0 Å². The second-order valence-corrected chi connectivity index (χ2v) is 5.56. The third-order valence-corrected chi connectivity index (χ3v) is 4.19. The Morgan fingerprint density at radius 1 is 1.28 bits per heavy atom. The van der Waals surface area contributed by atoms with Gasteiger partial charge in [-0.15, -0.1) is 0 Å². The van der Waals surface area contributed by atoms with Gasteiger partial charge in [-0.1, -0.05) is 0 Å². The second-order valence-electron chi connectivity index (χ2n) is 5.56. The van der Waals surface area contributed by atoms with E-state index in [0.29, 0.717) is 6.61 Å². The van der Waals surface area contributed by atoms with E-state index in [4.69, 9.17) is 14.2 Å². The molecule has 0 aromatic rings. The Bertz CT molecular complexity index is 243. The van der Waals surface area contributed by atoms with E-state index in [0.717, 1.165) is 39.1 Å². The molecule has 1 N–H and O–H groups in total. The molecule has 0 amide bonds. The first-order valence-electron chi connectivity index (χ1n) is 6.69. The van der Waals surface area contributed by atoms with Crippen LogP contribution < -0.4 is 0 Å². The van der Waals surface area contributed by atoms with Crippen molar-refractivity contribution in [2.45, 2.75) is 25.0 Å². The minimum absolute atomic E-state index is 0.0980. The van der Waals surface area contributed by atoms with E-state index in [2.05, 4.69) is 4.90 Å². The molecule has 0 saturated carbocycles. The molecule has 18 heavy (non-hydrogen) atoms. The number of rotatable bonds is 5. The zero-order valence-corrected chi connectivity index (χ0v) is 11.4. The molecular weight excluding hydrogens is 234 g/mol. The molecule has 5 heteroatoms. The lowest BCUT2D eigenvalue weighted by Crippen LogP contribution is -2.45. The zero-order chi connectivity index (χ0) is 13.0. The highest BCUT2D eigenvalue weighted by molar-refractivity contribution is 4.91. The van der Waals surface area contributed by atoms with E-state index in [1.54, 1.807) is 14.2 Å². The quantitative estimate of drug-likeness (QED) is 0.760. The van der Waals surface area contributed by atoms with Gasteiger partial charge in [0.2, 0.25) is 0 Å². The van der Waals surface area contributed by atoms with Gasteiger partial charge in [-0.25, -0.2) is 0 Å². The maximum Gasteiger partial charge on any atom is 0.0971 e. The van der Waals surface area contributed by atoms with Gasteiger partial charge in [-0.3, -0.25) is 4.90 Å². The van der Waals surface area contributed by atoms with Crippen LogP contribution in [0, 0.1) is 5.41 Å². The predicted octanol–water partition coefficient (Wildman–Crippen LogP) is 0.121. The van der Waals surface area contributed by atoms with E-state index in [-0.39, 0.29) is 24.2 Å². The highest BCUT2D eigenvalue weighted by Crippen LogP contribution is 2.31. The zero-order valence-electron chi connectivity index (χ0n) is 11.4. The van der Waals surface area contributed by atoms with E-state index < -0.39 is 0 Å². The Morgan fingerprint density at radius 3 is 2.39 bits per heavy atom. The van der Waals surface area contributed by atoms with Crippen LogP contribution in [0.4, 0.5) is 0 Å². The minimum Gasteiger partial charge on any atom is -0.396 e. The molecular formula is C13H25NO4. The van der Waals surface area contributed by atoms with Crippen molar-refractivity contribution in [2.24, 2.45) is 5.41 Å². The maximum absolute atomic E-state index is 9.68. The number of likely N-dealkylation sites (tertiary alicyclic amines) is 1. The molecule has 2 aliphatic rings. The molecule has 0 aromatic carbocycles. The number of nitrogens with zero attached hydrogens (tertiary/aromatic N) is 1. The molecule has 0 bridgehead atoms. The Labute approximate surface area is 109 Å². The Morgan fingerprint density at radius 2 is 1.94 bits per heavy atom. The minimum atomic E-state index is -0.0980. The fourth-order valence-corrected chi connectivity index (χ4v) is 3.08. The van der Waals surface area contributed by atoms with Crippen LogP contribution >= 0.6 is 0 Å². The Kier molecular flexibility index (Phi) is 4.98. The summed E-state index contributed by atoms with van der Waals surface area (Å²) in [6.07, 6.45) is 2.34. The summed E-state index contributed by atoms with van der Waals surface area (Å²) in [6.45, 7) is 4.29. The fraction of sp³-hybridized carbons (Fsp3) is 1.00. The number of aliphatic hydroxyl groups is 1. The highest BCUT2D eigenvalue weighted by atomic mass is 16.5. The van der Waals surface area contributed by atoms with E-state index in [9.17, 15) is 5.11 Å². The van der Waals surface area contributed by atoms with Gasteiger partial charge < -0.3 is 19.3 Å². The summed E-state index contributed by atoms with van der Waals surface area (Å²) in [5, 5.41) is 9.68. The van der Waals surface area contributed by atoms with Crippen LogP contribution in [-0.2, 0) is 14.2 Å². The van der Waals surface area contributed by atoms with Crippen LogP contribution in [0.25, 0.3) is 0 Å². The van der Waals surface area contributed by atoms with Crippen molar-refractivity contribution in [2.75, 3.05) is 53.7 Å². The van der Waals surface area contributed by atoms with Crippen LogP contribution in [-0.4, -0.2) is 75.9 Å². The fourth-order valence-electron chi connectivity index (χ4n) is 3.08. The molecule has 0 aliphatic carbocycles. The van der Waals surface area contributed by atoms with Crippen molar-refractivity contribution in [1.82, 2.24) is 4.90 Å². The van der Waals surface area contributed by atoms with Crippen LogP contribution in [0.2, 0.25) is 0 Å². The first-order chi connectivity index (χ1) is 8.73. The monoisotopic (exact) mass is 259 g/mol. The number of ether oxygens (including phenoxy) is 3. The number of methoxy groups -OCH3 is 2. The SMILES string of the molecule is COC1CN(CC2(CO)CCCOC2)CC1OC. The summed E-state index contributed by atoms with van der Waals surface area (Å²) in [5.41, 5.74) is -0.0980. The summed E-state index contributed by atoms with van der Waals surface area (Å²) < 4.78 is 16.4. The van der Waals surface area contributed by atoms with Crippen LogP contribution in [0.1, 0.15) is 12.8 Å². The van der Waals surface area contributed by atoms with Gasteiger partial charge in [-0.05, 0) is 12.8 Å². The molecule has 0 radical (unpaired) electrons. The molecule has 3 atom stereocenters. The molecule has 0 aromatic heterocycles. The number of hydrogen-bond acceptors (Lipinski definition) is 5. The first-order valence-corrected chi connectivity index (χ1v) is 6.69. The molecule has 2 saturated heterocycles. The van der Waals surface area contributed by atoms with Gasteiger partial charge in [0.15, 0.2) is 0 Å². The summed E-state index contributed by atoms with van der Waals surface area (Å²) >= 11 is 0. The molecule has 5 nitrogen and oxygen atoms in total. The lowest BCUT2D eigenvalue weighted by atomic mass is 9.83. The standard InChI is InChI=1S/C13H25NO4/c1-16-11-6-14(7-12(11)17-2)8-13(9-15)4-3-5-18-10-13/h11-12,15H,3-10H2,1-2H3. The van der Waals surface area contributed by atoms with Gasteiger partial charge in [0, 0.05) is 45.9 Å². The van der Waals surface area contributed by atoms with Crippen LogP contribution in [0.3, 0.4) is 0 Å². The van der Waals surface area contributed by atoms with Gasteiger partial charge in [0.1, 0.15) is 0 Å². The molecule has 2 heterocycles. The van der Waals surface area contributed by atoms with E-state index in [1.807, 2.05) is 0 Å². The van der Waals surface area contributed by atoms with Crippen LogP contribution in [0.15, 0.2) is 0 Å². The maximum atomic E-state index is 9.68. The molecule has 3 unspecified atom stereocenters. The number of hydrogen-bond donors (Lipinski definition) is 1. The van der Waals surface area contributed by atoms with E-state index in [1.165, 1.54) is 0 Å². The summed E-state index contributed by atoms with van der Waals surface area (Å²) in [6, 6.07) is 0. The topological polar surface area (TPSA) is 51.2 Å². The average molecular weight is 259 g/mol. The first kappa shape index (κ1) is 14.2. The molecule has 0 spiro atoms. The summed E-state index contributed by atoms with van der Waals surface area (Å²) in [4.78, 5) is 2.33. The highest BCUT2D eigenvalue weighted by Gasteiger charge is 2.39. The average Bonchev–Trinajstić information content (AvgIpc) is 2.81. The summed E-state index contributed by atoms with van der Waals surface area (Å²) in [7, 11) is 3.46. The molecule has 2 rings (SSSR count). The van der Waals surface area contributed by atoms with Gasteiger partial charge >= 0.3 is 0 Å². The smallest absolute Gasteiger partial charge is 0.0971 e. The van der Waals surface area contributed by atoms with Crippen LogP contribution in [0.5, 0.6) is 0 Å². The van der Waals surface area contributed by atoms with Gasteiger partial charge in [-0.2, -0.15) is 0 Å². The lowest BCUT2D eigenvalue weighted by Gasteiger charge is -2.38. The number of aliphatic hydroxyl groups excluding tert-OH is 1. The van der Waals surface area contributed by atoms with Crippen molar-refractivity contribution in [3.05, 3.63) is 0 Å². The largest absolute Gasteiger partial charge is 0.396 e. The Hall–Kier alpha value is -0.200. The molecule has 106 valence electrons. The van der Waals surface area contributed by atoms with E-state index >= 15 is 0 Å². The van der Waals surface area contributed by atoms with Crippen molar-refractivity contribution < 1.29 is 19.3 Å². The van der Waals surface area contributed by atoms with Crippen molar-refractivity contribution in [3.63, 3.8) is 0 Å². The van der Waals surface area contributed by atoms with Gasteiger partial charge in [0.05, 0.1) is 25.4 Å². The molecule has 2 aliphatic heterocycles. The third-order valence-electron chi connectivity index (χ3n) is 4.19. The Balaban J connectivity index is 1.92. The molecule has 2 fully saturated rings. The van der Waals surface area contributed by atoms with Crippen molar-refractivity contribution >= 4 is 0 Å².